The van der Waals surface area contributed by atoms with E-state index in [1.165, 1.54) is 6.07 Å². The molecule has 0 aliphatic rings. The van der Waals surface area contributed by atoms with Crippen LogP contribution in [0.1, 0.15) is 5.56 Å². The van der Waals surface area contributed by atoms with Gasteiger partial charge in [0.05, 0.1) is 12.3 Å². The Morgan fingerprint density at radius 2 is 2.15 bits per heavy atom. The minimum absolute atomic E-state index is 0. The molecule has 0 bridgehead atoms. The lowest BCUT2D eigenvalue weighted by molar-refractivity contribution is 0.277. The number of nitrogen functional groups attached to an aromatic ring is 1. The number of hydrogen-bond acceptors (Lipinski definition) is 2. The van der Waals surface area contributed by atoms with Crippen molar-refractivity contribution in [1.29, 1.82) is 0 Å². The Hall–Kier alpha value is -0.245. The van der Waals surface area contributed by atoms with Crippen LogP contribution in [0, 0.1) is 5.82 Å². The summed E-state index contributed by atoms with van der Waals surface area (Å²) in [5.74, 6) is -0.534. The first-order valence-electron chi connectivity index (χ1n) is 3.43. The highest BCUT2D eigenvalue weighted by atomic mass is 32.1. The molecule has 0 saturated carbocycles. The van der Waals surface area contributed by atoms with E-state index < -0.39 is 5.82 Å². The molecule has 2 nitrogen and oxygen atoms in total. The van der Waals surface area contributed by atoms with Crippen LogP contribution in [-0.4, -0.2) is 12.1 Å². The molecule has 0 heterocycles. The summed E-state index contributed by atoms with van der Waals surface area (Å²) in [6.07, 6.45) is 0. The van der Waals surface area contributed by atoms with Gasteiger partial charge in [-0.25, -0.2) is 4.39 Å². The fourth-order valence-electron chi connectivity index (χ4n) is 0.971. The predicted octanol–water partition coefficient (Wildman–Crippen LogP) is 0.133. The zero-order valence-electron chi connectivity index (χ0n) is 6.92. The number of nitrogens with two attached hydrogens (primary N) is 1. The average molecular weight is 218 g/mol. The fourth-order valence-corrected chi connectivity index (χ4v) is 1.28. The second-order valence-corrected chi connectivity index (χ2v) is 2.69. The maximum absolute atomic E-state index is 13.1. The van der Waals surface area contributed by atoms with E-state index in [4.69, 9.17) is 10.8 Å². The fraction of sp³-hybridized carbons (Fsp3) is 0.143. The van der Waals surface area contributed by atoms with Crippen LogP contribution in [0.3, 0.4) is 0 Å². The first-order chi connectivity index (χ1) is 5.70. The molecule has 0 aliphatic heterocycles. The molecular weight excluding hydrogens is 207 g/mol. The third kappa shape index (κ3) is 2.60. The molecule has 0 aromatic heterocycles. The van der Waals surface area contributed by atoms with Gasteiger partial charge in [0.1, 0.15) is 0 Å². The Morgan fingerprint density at radius 1 is 1.54 bits per heavy atom. The van der Waals surface area contributed by atoms with Crippen molar-refractivity contribution in [3.05, 3.63) is 23.5 Å². The van der Waals surface area contributed by atoms with Crippen LogP contribution >= 0.6 is 22.6 Å². The predicted molar refractivity (Wildman–Crippen MR) is 62.2 cm³/mol. The number of aliphatic hydroxyl groups excluding tert-OH is 1. The highest BCUT2D eigenvalue weighted by molar-refractivity contribution is 7.59. The third-order valence-corrected chi connectivity index (χ3v) is 2.01. The maximum Gasteiger partial charge on any atom is 0.179 e. The normalized spacial score (nSPS) is 9.15. The van der Waals surface area contributed by atoms with Crippen LogP contribution in [0.25, 0.3) is 0 Å². The van der Waals surface area contributed by atoms with Gasteiger partial charge in [-0.15, -0.1) is 0 Å². The highest BCUT2D eigenvalue weighted by Crippen LogP contribution is 2.12. The lowest BCUT2D eigenvalue weighted by atomic mass is 9.88. The second kappa shape index (κ2) is 5.48. The van der Waals surface area contributed by atoms with Crippen molar-refractivity contribution in [1.82, 2.24) is 0 Å². The van der Waals surface area contributed by atoms with Gasteiger partial charge in [0.2, 0.25) is 0 Å². The van der Waals surface area contributed by atoms with E-state index >= 15 is 0 Å². The van der Waals surface area contributed by atoms with Gasteiger partial charge in [-0.2, -0.15) is 22.6 Å². The van der Waals surface area contributed by atoms with Crippen LogP contribution in [0.15, 0.2) is 12.1 Å². The summed E-state index contributed by atoms with van der Waals surface area (Å²) >= 11 is 0. The van der Waals surface area contributed by atoms with Crippen LogP contribution in [-0.2, 0) is 6.61 Å². The zero-order valence-corrected chi connectivity index (χ0v) is 9.07. The molecular formula is C7H11BFNOPS. The molecule has 1 aromatic rings. The monoisotopic (exact) mass is 218 g/mol. The topological polar surface area (TPSA) is 46.2 Å². The molecule has 13 heavy (non-hydrogen) atoms. The van der Waals surface area contributed by atoms with Crippen LogP contribution in [0.2, 0.25) is 0 Å². The van der Waals surface area contributed by atoms with Crippen LogP contribution in [0.5, 0.6) is 0 Å². The van der Waals surface area contributed by atoms with Gasteiger partial charge in [-0.05, 0) is 6.07 Å². The number of aliphatic hydroxyl groups is 1. The Morgan fingerprint density at radius 3 is 2.62 bits per heavy atom. The molecule has 0 amide bonds. The van der Waals surface area contributed by atoms with Gasteiger partial charge in [-0.3, -0.25) is 0 Å². The van der Waals surface area contributed by atoms with Gasteiger partial charge >= 0.3 is 0 Å². The van der Waals surface area contributed by atoms with E-state index in [1.807, 2.05) is 0 Å². The van der Waals surface area contributed by atoms with E-state index in [-0.39, 0.29) is 31.4 Å². The Balaban J connectivity index is 0.00000144. The van der Waals surface area contributed by atoms with Crippen LogP contribution in [0.4, 0.5) is 10.1 Å². The molecule has 71 valence electrons. The second-order valence-electron chi connectivity index (χ2n) is 2.36. The maximum atomic E-state index is 13.1. The third-order valence-electron chi connectivity index (χ3n) is 1.65. The summed E-state index contributed by atoms with van der Waals surface area (Å²) in [6, 6.07) is 3.14. The Labute approximate surface area is 86.6 Å². The number of benzene rings is 1. The van der Waals surface area contributed by atoms with Gasteiger partial charge < -0.3 is 10.8 Å². The molecule has 0 aliphatic carbocycles. The number of hydrogen-bond donors (Lipinski definition) is 2. The minimum Gasteiger partial charge on any atom is -0.396 e. The molecule has 1 aromatic carbocycles. The Bertz CT molecular complexity index is 300. The summed E-state index contributed by atoms with van der Waals surface area (Å²) in [7, 11) is 2.35. The van der Waals surface area contributed by atoms with Gasteiger partial charge in [0.15, 0.2) is 12.8 Å². The summed E-state index contributed by atoms with van der Waals surface area (Å²) in [4.78, 5) is 0. The number of rotatable bonds is 2. The molecule has 1 radical (unpaired) electrons. The first kappa shape index (κ1) is 12.8. The molecule has 1 unspecified atom stereocenters. The molecule has 0 spiro atoms. The molecule has 6 heteroatoms. The quantitative estimate of drug-likeness (QED) is 0.421. The lowest BCUT2D eigenvalue weighted by Crippen LogP contribution is -2.18. The summed E-state index contributed by atoms with van der Waals surface area (Å²) in [6.45, 7) is 1.31. The highest BCUT2D eigenvalue weighted by Gasteiger charge is 2.09. The van der Waals surface area contributed by atoms with E-state index in [0.29, 0.717) is 5.46 Å². The SMILES string of the molecule is Nc1ccc([B]P)c(CO)c1F.S. The largest absolute Gasteiger partial charge is 0.396 e. The minimum atomic E-state index is -0.534. The van der Waals surface area contributed by atoms with Crippen molar-refractivity contribution in [2.24, 2.45) is 0 Å². The lowest BCUT2D eigenvalue weighted by Gasteiger charge is -2.07. The number of anilines is 1. The van der Waals surface area contributed by atoms with Crippen molar-refractivity contribution in [3.8, 4) is 0 Å². The molecule has 0 saturated heterocycles. The first-order valence-corrected chi connectivity index (χ1v) is 4.10. The molecule has 0 fully saturated rings. The van der Waals surface area contributed by atoms with Crippen molar-refractivity contribution in [2.75, 3.05) is 5.73 Å². The van der Waals surface area contributed by atoms with E-state index in [0.717, 1.165) is 0 Å². The summed E-state index contributed by atoms with van der Waals surface area (Å²) in [5.41, 5.74) is 6.27. The van der Waals surface area contributed by atoms with E-state index in [9.17, 15) is 4.39 Å². The molecule has 1 atom stereocenters. The molecule has 3 N–H and O–H groups in total. The number of halogens is 1. The van der Waals surface area contributed by atoms with Crippen LogP contribution < -0.4 is 11.2 Å². The van der Waals surface area contributed by atoms with E-state index in [2.05, 4.69) is 9.12 Å². The van der Waals surface area contributed by atoms with Gasteiger partial charge in [0.25, 0.3) is 0 Å². The summed E-state index contributed by atoms with van der Waals surface area (Å²) < 4.78 is 13.1. The summed E-state index contributed by atoms with van der Waals surface area (Å²) in [5, 5.41) is 8.83. The zero-order chi connectivity index (χ0) is 9.14. The van der Waals surface area contributed by atoms with Crippen molar-refractivity contribution in [2.45, 2.75) is 6.61 Å². The Kier molecular flexibility index (Phi) is 5.37. The average Bonchev–Trinajstić information content (AvgIpc) is 2.09. The smallest absolute Gasteiger partial charge is 0.179 e. The van der Waals surface area contributed by atoms with Crippen molar-refractivity contribution in [3.63, 3.8) is 0 Å². The molecule has 1 rings (SSSR count). The van der Waals surface area contributed by atoms with E-state index in [1.54, 1.807) is 13.1 Å². The van der Waals surface area contributed by atoms with Gasteiger partial charge in [0, 0.05) is 5.56 Å². The van der Waals surface area contributed by atoms with Crippen molar-refractivity contribution < 1.29 is 9.50 Å². The van der Waals surface area contributed by atoms with Crippen molar-refractivity contribution >= 4 is 40.8 Å². The standard InChI is InChI=1S/C7H9BFNOP.H2S/c9-7-4(3-11)5(8-12)1-2-6(7)10;/h1-2,11H,3,10,12H2;1H2. The van der Waals surface area contributed by atoms with Gasteiger partial charge in [-0.1, -0.05) is 11.5 Å².